The Labute approximate surface area is 119 Å². The van der Waals surface area contributed by atoms with Gasteiger partial charge in [0, 0.05) is 44.2 Å². The summed E-state index contributed by atoms with van der Waals surface area (Å²) in [6.45, 7) is 4.55. The van der Waals surface area contributed by atoms with Crippen LogP contribution in [-0.4, -0.2) is 37.2 Å². The highest BCUT2D eigenvalue weighted by molar-refractivity contribution is 6.07. The second-order valence-corrected chi connectivity index (χ2v) is 5.97. The number of carbonyl (C=O) groups is 2. The minimum atomic E-state index is -0.287. The SMILES string of the molecule is CN(C)/C=C/C(=O)c1cccc(N2CC(C)(C)C2=O)c1. The van der Waals surface area contributed by atoms with Crippen LogP contribution in [0.15, 0.2) is 36.5 Å². The predicted molar refractivity (Wildman–Crippen MR) is 79.7 cm³/mol. The lowest BCUT2D eigenvalue weighted by atomic mass is 9.82. The Kier molecular flexibility index (Phi) is 3.66. The van der Waals surface area contributed by atoms with Gasteiger partial charge in [0.1, 0.15) is 0 Å². The monoisotopic (exact) mass is 272 g/mol. The van der Waals surface area contributed by atoms with Gasteiger partial charge in [-0.25, -0.2) is 0 Å². The molecule has 0 unspecified atom stereocenters. The van der Waals surface area contributed by atoms with Gasteiger partial charge in [0.25, 0.3) is 0 Å². The molecule has 1 aromatic rings. The number of nitrogens with zero attached hydrogens (tertiary/aromatic N) is 2. The third-order valence-electron chi connectivity index (χ3n) is 3.34. The number of hydrogen-bond acceptors (Lipinski definition) is 3. The van der Waals surface area contributed by atoms with Crippen molar-refractivity contribution in [3.05, 3.63) is 42.1 Å². The largest absolute Gasteiger partial charge is 0.383 e. The molecule has 1 heterocycles. The van der Waals surface area contributed by atoms with Crippen LogP contribution < -0.4 is 4.90 Å². The van der Waals surface area contributed by atoms with Gasteiger partial charge in [-0.3, -0.25) is 9.59 Å². The first-order chi connectivity index (χ1) is 9.31. The van der Waals surface area contributed by atoms with Gasteiger partial charge in [0.05, 0.1) is 5.41 Å². The molecule has 1 aromatic carbocycles. The third-order valence-corrected chi connectivity index (χ3v) is 3.34. The third kappa shape index (κ3) is 2.74. The fraction of sp³-hybridized carbons (Fsp3) is 0.375. The van der Waals surface area contributed by atoms with E-state index in [-0.39, 0.29) is 17.1 Å². The van der Waals surface area contributed by atoms with Gasteiger partial charge in [-0.15, -0.1) is 0 Å². The van der Waals surface area contributed by atoms with Gasteiger partial charge in [-0.2, -0.15) is 0 Å². The fourth-order valence-corrected chi connectivity index (χ4v) is 2.16. The second-order valence-electron chi connectivity index (χ2n) is 5.97. The van der Waals surface area contributed by atoms with Crippen molar-refractivity contribution < 1.29 is 9.59 Å². The molecule has 0 N–H and O–H groups in total. The van der Waals surface area contributed by atoms with Crippen molar-refractivity contribution in [1.29, 1.82) is 0 Å². The topological polar surface area (TPSA) is 40.6 Å². The Hall–Kier alpha value is -2.10. The number of carbonyl (C=O) groups excluding carboxylic acids is 2. The first-order valence-electron chi connectivity index (χ1n) is 6.62. The summed E-state index contributed by atoms with van der Waals surface area (Å²) in [4.78, 5) is 27.5. The summed E-state index contributed by atoms with van der Waals surface area (Å²) in [5, 5.41) is 0. The molecular weight excluding hydrogens is 252 g/mol. The molecule has 4 nitrogen and oxygen atoms in total. The normalized spacial score (nSPS) is 17.2. The van der Waals surface area contributed by atoms with Crippen LogP contribution in [0.2, 0.25) is 0 Å². The highest BCUT2D eigenvalue weighted by Crippen LogP contribution is 2.35. The number of rotatable bonds is 4. The molecule has 0 aliphatic carbocycles. The highest BCUT2D eigenvalue weighted by Gasteiger charge is 2.44. The van der Waals surface area contributed by atoms with Crippen LogP contribution in [-0.2, 0) is 4.79 Å². The number of allylic oxidation sites excluding steroid dienone is 1. The first-order valence-corrected chi connectivity index (χ1v) is 6.62. The van der Waals surface area contributed by atoms with Crippen molar-refractivity contribution in [2.45, 2.75) is 13.8 Å². The molecule has 0 bridgehead atoms. The second kappa shape index (κ2) is 5.12. The van der Waals surface area contributed by atoms with E-state index in [0.717, 1.165) is 5.69 Å². The fourth-order valence-electron chi connectivity index (χ4n) is 2.16. The summed E-state index contributed by atoms with van der Waals surface area (Å²) in [5.41, 5.74) is 1.10. The van der Waals surface area contributed by atoms with Crippen molar-refractivity contribution >= 4 is 17.4 Å². The van der Waals surface area contributed by atoms with E-state index in [0.29, 0.717) is 12.1 Å². The number of β-lactam (4-membered cyclic amide) rings is 1. The van der Waals surface area contributed by atoms with Crippen LogP contribution in [0.4, 0.5) is 5.69 Å². The molecule has 0 spiro atoms. The van der Waals surface area contributed by atoms with E-state index >= 15 is 0 Å². The quantitative estimate of drug-likeness (QED) is 0.480. The predicted octanol–water partition coefficient (Wildman–Crippen LogP) is 2.32. The van der Waals surface area contributed by atoms with E-state index in [1.165, 1.54) is 6.08 Å². The molecule has 0 aromatic heterocycles. The van der Waals surface area contributed by atoms with Gasteiger partial charge in [-0.05, 0) is 26.0 Å². The average Bonchev–Trinajstić information content (AvgIpc) is 2.42. The maximum atomic E-state index is 12.0. The number of ketones is 1. The molecule has 1 aliphatic rings. The van der Waals surface area contributed by atoms with Crippen LogP contribution in [0.3, 0.4) is 0 Å². The Balaban J connectivity index is 2.17. The van der Waals surface area contributed by atoms with E-state index in [1.54, 1.807) is 23.2 Å². The van der Waals surface area contributed by atoms with Crippen LogP contribution in [0.1, 0.15) is 24.2 Å². The van der Waals surface area contributed by atoms with E-state index in [4.69, 9.17) is 0 Å². The van der Waals surface area contributed by atoms with Crippen molar-refractivity contribution in [2.75, 3.05) is 25.5 Å². The Bertz CT molecular complexity index is 574. The van der Waals surface area contributed by atoms with E-state index in [1.807, 2.05) is 45.0 Å². The van der Waals surface area contributed by atoms with E-state index in [2.05, 4.69) is 0 Å². The summed E-state index contributed by atoms with van der Waals surface area (Å²) in [6.07, 6.45) is 3.24. The lowest BCUT2D eigenvalue weighted by Gasteiger charge is -2.44. The zero-order valence-corrected chi connectivity index (χ0v) is 12.4. The number of hydrogen-bond donors (Lipinski definition) is 0. The maximum Gasteiger partial charge on any atom is 0.234 e. The van der Waals surface area contributed by atoms with E-state index < -0.39 is 0 Å². The molecule has 1 saturated heterocycles. The summed E-state index contributed by atoms with van der Waals surface area (Å²) >= 11 is 0. The van der Waals surface area contributed by atoms with Crippen LogP contribution in [0.25, 0.3) is 0 Å². The molecule has 0 saturated carbocycles. The molecule has 1 fully saturated rings. The number of benzene rings is 1. The molecule has 4 heteroatoms. The molecule has 1 aliphatic heterocycles. The van der Waals surface area contributed by atoms with Crippen molar-refractivity contribution in [1.82, 2.24) is 4.90 Å². The van der Waals surface area contributed by atoms with Gasteiger partial charge < -0.3 is 9.80 Å². The summed E-state index contributed by atoms with van der Waals surface area (Å²) in [5.74, 6) is 0.0405. The molecule has 0 radical (unpaired) electrons. The molecular formula is C16H20N2O2. The molecule has 1 amide bonds. The van der Waals surface area contributed by atoms with Crippen molar-refractivity contribution in [2.24, 2.45) is 5.41 Å². The first kappa shape index (κ1) is 14.3. The van der Waals surface area contributed by atoms with Crippen LogP contribution in [0, 0.1) is 5.41 Å². The minimum Gasteiger partial charge on any atom is -0.383 e. The van der Waals surface area contributed by atoms with Crippen LogP contribution >= 0.6 is 0 Å². The molecule has 20 heavy (non-hydrogen) atoms. The molecule has 0 atom stereocenters. The standard InChI is InChI=1S/C16H20N2O2/c1-16(2)11-18(15(16)20)13-7-5-6-12(10-13)14(19)8-9-17(3)4/h5-10H,11H2,1-4H3/b9-8+. The van der Waals surface area contributed by atoms with E-state index in [9.17, 15) is 9.59 Å². The zero-order chi connectivity index (χ0) is 14.9. The zero-order valence-electron chi connectivity index (χ0n) is 12.4. The van der Waals surface area contributed by atoms with Crippen LogP contribution in [0.5, 0.6) is 0 Å². The summed E-state index contributed by atoms with van der Waals surface area (Å²) in [7, 11) is 3.72. The number of amides is 1. The Morgan fingerprint density at radius 3 is 2.60 bits per heavy atom. The van der Waals surface area contributed by atoms with Gasteiger partial charge >= 0.3 is 0 Å². The maximum absolute atomic E-state index is 12.0. The summed E-state index contributed by atoms with van der Waals surface area (Å²) < 4.78 is 0. The number of anilines is 1. The smallest absolute Gasteiger partial charge is 0.234 e. The van der Waals surface area contributed by atoms with Gasteiger partial charge in [0.15, 0.2) is 5.78 Å². The van der Waals surface area contributed by atoms with Gasteiger partial charge in [0.2, 0.25) is 5.91 Å². The van der Waals surface area contributed by atoms with Gasteiger partial charge in [-0.1, -0.05) is 12.1 Å². The Morgan fingerprint density at radius 1 is 1.35 bits per heavy atom. The van der Waals surface area contributed by atoms with Crippen molar-refractivity contribution in [3.8, 4) is 0 Å². The molecule has 106 valence electrons. The van der Waals surface area contributed by atoms with Crippen molar-refractivity contribution in [3.63, 3.8) is 0 Å². The minimum absolute atomic E-state index is 0.0622. The average molecular weight is 272 g/mol. The lowest BCUT2D eigenvalue weighted by molar-refractivity contribution is -0.132. The molecule has 2 rings (SSSR count). The summed E-state index contributed by atoms with van der Waals surface area (Å²) in [6, 6.07) is 7.21. The lowest BCUT2D eigenvalue weighted by Crippen LogP contribution is -2.58. The highest BCUT2D eigenvalue weighted by atomic mass is 16.2. The Morgan fingerprint density at radius 2 is 2.05 bits per heavy atom.